The molecule has 7 nitrogen and oxygen atoms in total. The van der Waals surface area contributed by atoms with Crippen LogP contribution in [-0.2, 0) is 7.05 Å². The van der Waals surface area contributed by atoms with Gasteiger partial charge >= 0.3 is 0 Å². The summed E-state index contributed by atoms with van der Waals surface area (Å²) in [6.45, 7) is 3.78. The van der Waals surface area contributed by atoms with E-state index >= 15 is 0 Å². The summed E-state index contributed by atoms with van der Waals surface area (Å²) in [7, 11) is 7.75. The van der Waals surface area contributed by atoms with Gasteiger partial charge in [-0.1, -0.05) is 0 Å². The van der Waals surface area contributed by atoms with Crippen LogP contribution in [0.4, 0.5) is 0 Å². The first kappa shape index (κ1) is 17.2. The van der Waals surface area contributed by atoms with Gasteiger partial charge in [-0.05, 0) is 50.6 Å². The number of piperidine rings is 1. The van der Waals surface area contributed by atoms with Crippen LogP contribution in [0.3, 0.4) is 0 Å². The molecular weight excluding hydrogens is 351 g/mol. The summed E-state index contributed by atoms with van der Waals surface area (Å²) in [6.07, 6.45) is 5.91. The average Bonchev–Trinajstić information content (AvgIpc) is 3.24. The van der Waals surface area contributed by atoms with Crippen molar-refractivity contribution in [2.75, 3.05) is 13.1 Å². The second-order valence-corrected chi connectivity index (χ2v) is 7.67. The molecule has 5 rings (SSSR count). The fourth-order valence-corrected chi connectivity index (χ4v) is 4.04. The molecule has 1 aliphatic heterocycles. The monoisotopic (exact) mass is 372 g/mol. The number of rotatable bonds is 2. The third kappa shape index (κ3) is 2.84. The van der Waals surface area contributed by atoms with Gasteiger partial charge in [0.1, 0.15) is 16.8 Å². The zero-order valence-corrected chi connectivity index (χ0v) is 16.0. The van der Waals surface area contributed by atoms with Gasteiger partial charge in [-0.2, -0.15) is 10.2 Å². The molecule has 0 unspecified atom stereocenters. The molecule has 8 heteroatoms. The van der Waals surface area contributed by atoms with E-state index in [0.29, 0.717) is 11.6 Å². The smallest absolute Gasteiger partial charge is 0.182 e. The molecule has 3 aromatic heterocycles. The molecule has 4 heterocycles. The number of phenolic OH excluding ortho intramolecular Hbond substituents is 1. The summed E-state index contributed by atoms with van der Waals surface area (Å²) in [5, 5.41) is 20.7. The van der Waals surface area contributed by atoms with Crippen molar-refractivity contribution < 1.29 is 5.11 Å². The second kappa shape index (κ2) is 6.34. The lowest BCUT2D eigenvalue weighted by Crippen LogP contribution is -2.32. The Labute approximate surface area is 164 Å². The lowest BCUT2D eigenvalue weighted by atomic mass is 10.0. The molecule has 2 radical (unpaired) electrons. The molecule has 4 aromatic rings. The van der Waals surface area contributed by atoms with Gasteiger partial charge in [0, 0.05) is 30.3 Å². The van der Waals surface area contributed by atoms with E-state index in [9.17, 15) is 5.11 Å². The van der Waals surface area contributed by atoms with Gasteiger partial charge in [0.05, 0.1) is 23.4 Å². The number of aromatic hydroxyl groups is 1. The molecule has 0 atom stereocenters. The highest BCUT2D eigenvalue weighted by Gasteiger charge is 2.20. The largest absolute Gasteiger partial charge is 0.507 e. The summed E-state index contributed by atoms with van der Waals surface area (Å²) in [6, 6.07) is 5.96. The molecule has 1 N–H and O–H groups in total. The molecule has 140 valence electrons. The van der Waals surface area contributed by atoms with E-state index in [1.165, 1.54) is 0 Å². The van der Waals surface area contributed by atoms with Crippen LogP contribution < -0.4 is 0 Å². The van der Waals surface area contributed by atoms with Crippen LogP contribution in [0.1, 0.15) is 24.4 Å². The number of pyridine rings is 1. The van der Waals surface area contributed by atoms with Crippen molar-refractivity contribution in [1.82, 2.24) is 29.4 Å². The van der Waals surface area contributed by atoms with E-state index in [4.69, 9.17) is 18.1 Å². The number of phenols is 1. The standard InChI is InChI=1S/C20H21BN6O/c1-12-7-17(15-8-13-10-25(2)23-16(13)9-19(15)28)22-18-11-27(24-20(12)18)14-3-5-26(21)6-4-14/h7-11,14,28H,3-6H2,1-2H3. The fourth-order valence-electron chi connectivity index (χ4n) is 4.04. The van der Waals surface area contributed by atoms with Gasteiger partial charge in [-0.3, -0.25) is 9.36 Å². The highest BCUT2D eigenvalue weighted by Crippen LogP contribution is 2.34. The third-order valence-electron chi connectivity index (χ3n) is 5.57. The minimum atomic E-state index is 0.181. The van der Waals surface area contributed by atoms with Gasteiger partial charge in [-0.15, -0.1) is 0 Å². The molecule has 1 aromatic carbocycles. The number of aryl methyl sites for hydroxylation is 2. The number of benzene rings is 1. The van der Waals surface area contributed by atoms with E-state index in [1.54, 1.807) is 10.7 Å². The van der Waals surface area contributed by atoms with Crippen molar-refractivity contribution in [3.8, 4) is 17.0 Å². The predicted octanol–water partition coefficient (Wildman–Crippen LogP) is 2.72. The SMILES string of the molecule is [B]N1CCC(n2cc3nc(-c4cc5cn(C)nc5cc4O)cc(C)c3n2)CC1. The van der Waals surface area contributed by atoms with E-state index in [2.05, 4.69) is 5.10 Å². The van der Waals surface area contributed by atoms with Crippen LogP contribution >= 0.6 is 0 Å². The maximum Gasteiger partial charge on any atom is 0.182 e. The quantitative estimate of drug-likeness (QED) is 0.548. The molecule has 0 saturated carbocycles. The summed E-state index contributed by atoms with van der Waals surface area (Å²) >= 11 is 0. The number of aromatic nitrogens is 5. The first-order valence-electron chi connectivity index (χ1n) is 9.51. The minimum absolute atomic E-state index is 0.181. The summed E-state index contributed by atoms with van der Waals surface area (Å²) in [4.78, 5) is 6.67. The minimum Gasteiger partial charge on any atom is -0.507 e. The highest BCUT2D eigenvalue weighted by molar-refractivity contribution is 6.04. The van der Waals surface area contributed by atoms with Crippen molar-refractivity contribution in [3.63, 3.8) is 0 Å². The van der Waals surface area contributed by atoms with Crippen molar-refractivity contribution in [1.29, 1.82) is 0 Å². The molecule has 0 amide bonds. The average molecular weight is 372 g/mol. The number of fused-ring (bicyclic) bond motifs is 2. The third-order valence-corrected chi connectivity index (χ3v) is 5.57. The van der Waals surface area contributed by atoms with E-state index in [0.717, 1.165) is 59.1 Å². The Bertz CT molecular complexity index is 1190. The van der Waals surface area contributed by atoms with Crippen LogP contribution in [0.15, 0.2) is 30.6 Å². The number of hydrogen-bond donors (Lipinski definition) is 1. The van der Waals surface area contributed by atoms with Gasteiger partial charge in [0.25, 0.3) is 0 Å². The summed E-state index contributed by atoms with van der Waals surface area (Å²) in [5.41, 5.74) is 5.00. The van der Waals surface area contributed by atoms with Crippen LogP contribution in [0.25, 0.3) is 33.2 Å². The van der Waals surface area contributed by atoms with E-state index < -0.39 is 0 Å². The molecule has 0 spiro atoms. The van der Waals surface area contributed by atoms with Gasteiger partial charge in [0.15, 0.2) is 7.98 Å². The van der Waals surface area contributed by atoms with Crippen LogP contribution in [-0.4, -0.2) is 55.5 Å². The van der Waals surface area contributed by atoms with Crippen molar-refractivity contribution in [2.45, 2.75) is 25.8 Å². The second-order valence-electron chi connectivity index (χ2n) is 7.67. The van der Waals surface area contributed by atoms with Gasteiger partial charge < -0.3 is 9.92 Å². The Morgan fingerprint density at radius 2 is 1.86 bits per heavy atom. The summed E-state index contributed by atoms with van der Waals surface area (Å²) < 4.78 is 3.78. The molecule has 28 heavy (non-hydrogen) atoms. The Kier molecular flexibility index (Phi) is 3.91. The maximum absolute atomic E-state index is 10.5. The normalized spacial score (nSPS) is 16.4. The van der Waals surface area contributed by atoms with Crippen molar-refractivity contribution in [2.24, 2.45) is 7.05 Å². The van der Waals surface area contributed by atoms with Crippen molar-refractivity contribution >= 4 is 29.9 Å². The molecule has 1 aliphatic rings. The van der Waals surface area contributed by atoms with E-state index in [-0.39, 0.29) is 5.75 Å². The van der Waals surface area contributed by atoms with Gasteiger partial charge in [0.2, 0.25) is 0 Å². The molecule has 1 fully saturated rings. The van der Waals surface area contributed by atoms with Crippen LogP contribution in [0.5, 0.6) is 5.75 Å². The van der Waals surface area contributed by atoms with Crippen LogP contribution in [0.2, 0.25) is 0 Å². The summed E-state index contributed by atoms with van der Waals surface area (Å²) in [5.74, 6) is 0.181. The fraction of sp³-hybridized carbons (Fsp3) is 0.350. The maximum atomic E-state index is 10.5. The van der Waals surface area contributed by atoms with E-state index in [1.807, 2.05) is 48.0 Å². The Hall–Kier alpha value is -2.87. The van der Waals surface area contributed by atoms with Crippen LogP contribution in [0, 0.1) is 6.92 Å². The number of hydrogen-bond acceptors (Lipinski definition) is 5. The van der Waals surface area contributed by atoms with Crippen molar-refractivity contribution in [3.05, 3.63) is 36.2 Å². The topological polar surface area (TPSA) is 72.0 Å². The first-order chi connectivity index (χ1) is 13.5. The molecule has 0 bridgehead atoms. The van der Waals surface area contributed by atoms with Gasteiger partial charge in [-0.25, -0.2) is 4.98 Å². The zero-order chi connectivity index (χ0) is 19.4. The molecule has 1 saturated heterocycles. The highest BCUT2D eigenvalue weighted by atomic mass is 16.3. The Morgan fingerprint density at radius 3 is 2.64 bits per heavy atom. The predicted molar refractivity (Wildman–Crippen MR) is 109 cm³/mol. The molecular formula is C20H21BN6O. The Balaban J connectivity index is 1.58. The Morgan fingerprint density at radius 1 is 1.07 bits per heavy atom. The first-order valence-corrected chi connectivity index (χ1v) is 9.51. The lowest BCUT2D eigenvalue weighted by Gasteiger charge is -2.29. The lowest BCUT2D eigenvalue weighted by molar-refractivity contribution is 0.269. The molecule has 0 aliphatic carbocycles. The number of nitrogens with zero attached hydrogens (tertiary/aromatic N) is 6. The zero-order valence-electron chi connectivity index (χ0n) is 16.0.